The minimum atomic E-state index is 0.0420. The van der Waals surface area contributed by atoms with E-state index >= 15 is 0 Å². The summed E-state index contributed by atoms with van der Waals surface area (Å²) in [6, 6.07) is 0. The van der Waals surface area contributed by atoms with Gasteiger partial charge in [-0.25, -0.2) is 9.67 Å². The Balaban J connectivity index is 1.84. The molecule has 0 radical (unpaired) electrons. The first-order chi connectivity index (χ1) is 15.2. The standard InChI is InChI=1S/C23H45N7O/c1-5-26-12-13-27(6-2)15-17-29(8-4)20-22-24-21(19-28(7-3)16-14-26)25-30(22)23-11-9-10-18-31-23/h23H,5-20H2,1-4H3. The van der Waals surface area contributed by atoms with E-state index in [1.807, 2.05) is 0 Å². The van der Waals surface area contributed by atoms with Crippen LogP contribution in [0.5, 0.6) is 0 Å². The maximum Gasteiger partial charge on any atom is 0.165 e. The van der Waals surface area contributed by atoms with Crippen molar-refractivity contribution in [3.8, 4) is 0 Å². The third-order valence-corrected chi connectivity index (χ3v) is 6.89. The first-order valence-corrected chi connectivity index (χ1v) is 12.6. The zero-order chi connectivity index (χ0) is 22.1. The number of hydrogen-bond donors (Lipinski definition) is 0. The lowest BCUT2D eigenvalue weighted by Gasteiger charge is -2.30. The number of nitrogens with zero attached hydrogens (tertiary/aromatic N) is 7. The first kappa shape index (κ1) is 24.6. The van der Waals surface area contributed by atoms with Crippen molar-refractivity contribution >= 4 is 0 Å². The topological polar surface area (TPSA) is 52.9 Å². The van der Waals surface area contributed by atoms with E-state index in [0.29, 0.717) is 0 Å². The van der Waals surface area contributed by atoms with Crippen LogP contribution in [0.15, 0.2) is 0 Å². The summed E-state index contributed by atoms with van der Waals surface area (Å²) >= 11 is 0. The molecule has 178 valence electrons. The Bertz CT molecular complexity index is 631. The van der Waals surface area contributed by atoms with E-state index in [9.17, 15) is 0 Å². The molecule has 0 saturated carbocycles. The van der Waals surface area contributed by atoms with Crippen LogP contribution < -0.4 is 0 Å². The van der Waals surface area contributed by atoms with Gasteiger partial charge in [-0.3, -0.25) is 9.80 Å². The van der Waals surface area contributed by atoms with Crippen LogP contribution in [0.4, 0.5) is 0 Å². The maximum atomic E-state index is 6.10. The van der Waals surface area contributed by atoms with Crippen molar-refractivity contribution < 1.29 is 4.74 Å². The maximum absolute atomic E-state index is 6.10. The van der Waals surface area contributed by atoms with E-state index < -0.39 is 0 Å². The number of hydrogen-bond acceptors (Lipinski definition) is 7. The summed E-state index contributed by atoms with van der Waals surface area (Å²) in [5, 5.41) is 4.97. The van der Waals surface area contributed by atoms with Crippen molar-refractivity contribution in [3.63, 3.8) is 0 Å². The van der Waals surface area contributed by atoms with Gasteiger partial charge in [0.15, 0.2) is 12.1 Å². The molecule has 1 atom stereocenters. The van der Waals surface area contributed by atoms with Crippen LogP contribution in [0.25, 0.3) is 0 Å². The molecule has 1 aromatic heterocycles. The summed E-state index contributed by atoms with van der Waals surface area (Å²) < 4.78 is 8.20. The Kier molecular flexibility index (Phi) is 10.2. The highest BCUT2D eigenvalue weighted by molar-refractivity contribution is 4.96. The second-order valence-corrected chi connectivity index (χ2v) is 8.82. The Morgan fingerprint density at radius 2 is 1.29 bits per heavy atom. The van der Waals surface area contributed by atoms with Crippen molar-refractivity contribution in [3.05, 3.63) is 11.6 Å². The molecule has 8 heteroatoms. The summed E-state index contributed by atoms with van der Waals surface area (Å²) in [6.07, 6.45) is 3.43. The molecule has 0 N–H and O–H groups in total. The fourth-order valence-corrected chi connectivity index (χ4v) is 4.53. The summed E-state index contributed by atoms with van der Waals surface area (Å²) in [5.41, 5.74) is 0. The smallest absolute Gasteiger partial charge is 0.165 e. The summed E-state index contributed by atoms with van der Waals surface area (Å²) in [4.78, 5) is 15.2. The Hall–Kier alpha value is -1.06. The minimum absolute atomic E-state index is 0.0420. The fraction of sp³-hybridized carbons (Fsp3) is 0.913. The van der Waals surface area contributed by atoms with Gasteiger partial charge in [-0.2, -0.15) is 5.10 Å². The van der Waals surface area contributed by atoms with Crippen LogP contribution >= 0.6 is 0 Å². The largest absolute Gasteiger partial charge is 0.356 e. The lowest BCUT2D eigenvalue weighted by Crippen LogP contribution is -2.41. The van der Waals surface area contributed by atoms with Crippen LogP contribution in [-0.2, 0) is 17.8 Å². The van der Waals surface area contributed by atoms with Gasteiger partial charge < -0.3 is 14.5 Å². The van der Waals surface area contributed by atoms with Crippen LogP contribution in [0.1, 0.15) is 64.8 Å². The van der Waals surface area contributed by atoms with Crippen LogP contribution in [0.3, 0.4) is 0 Å². The molecule has 1 unspecified atom stereocenters. The van der Waals surface area contributed by atoms with E-state index in [0.717, 1.165) is 110 Å². The third-order valence-electron chi connectivity index (χ3n) is 6.89. The number of likely N-dealkylation sites (N-methyl/N-ethyl adjacent to an activating group) is 4. The molecule has 0 amide bonds. The Labute approximate surface area is 189 Å². The Morgan fingerprint density at radius 3 is 1.81 bits per heavy atom. The molecule has 3 heterocycles. The molecule has 8 nitrogen and oxygen atoms in total. The van der Waals surface area contributed by atoms with Crippen molar-refractivity contribution in [2.24, 2.45) is 0 Å². The molecule has 0 aromatic carbocycles. The third kappa shape index (κ3) is 7.22. The number of fused-ring (bicyclic) bond motifs is 2. The molecular formula is C23H45N7O. The van der Waals surface area contributed by atoms with Crippen molar-refractivity contribution in [1.29, 1.82) is 0 Å². The Morgan fingerprint density at radius 1 is 0.742 bits per heavy atom. The predicted octanol–water partition coefficient (Wildman–Crippen LogP) is 2.28. The van der Waals surface area contributed by atoms with Gasteiger partial charge in [-0.1, -0.05) is 27.7 Å². The normalized spacial score (nSPS) is 24.7. The lowest BCUT2D eigenvalue weighted by atomic mass is 10.2. The summed E-state index contributed by atoms with van der Waals surface area (Å²) in [5.74, 6) is 2.00. The molecule has 1 aromatic rings. The SMILES string of the molecule is CCN1CCN(CC)CCN(CC)Cc2nc(nn2C2CCCCO2)CN(CC)CC1. The van der Waals surface area contributed by atoms with Gasteiger partial charge in [-0.05, 0) is 45.4 Å². The van der Waals surface area contributed by atoms with Gasteiger partial charge >= 0.3 is 0 Å². The van der Waals surface area contributed by atoms with E-state index in [1.165, 1.54) is 6.42 Å². The molecular weight excluding hydrogens is 390 g/mol. The average Bonchev–Trinajstić information content (AvgIpc) is 3.20. The summed E-state index contributed by atoms with van der Waals surface area (Å²) in [6.45, 7) is 22.4. The van der Waals surface area contributed by atoms with E-state index in [4.69, 9.17) is 14.8 Å². The first-order valence-electron chi connectivity index (χ1n) is 12.6. The zero-order valence-electron chi connectivity index (χ0n) is 20.4. The number of ether oxygens (including phenoxy) is 1. The molecule has 31 heavy (non-hydrogen) atoms. The van der Waals surface area contributed by atoms with Crippen molar-refractivity contribution in [1.82, 2.24) is 34.4 Å². The highest BCUT2D eigenvalue weighted by atomic mass is 16.5. The van der Waals surface area contributed by atoms with Crippen molar-refractivity contribution in [2.45, 2.75) is 66.3 Å². The fourth-order valence-electron chi connectivity index (χ4n) is 4.53. The molecule has 0 aliphatic carbocycles. The van der Waals surface area contributed by atoms with Gasteiger partial charge in [0.1, 0.15) is 5.82 Å². The van der Waals surface area contributed by atoms with Crippen LogP contribution in [-0.4, -0.2) is 106 Å². The monoisotopic (exact) mass is 435 g/mol. The zero-order valence-corrected chi connectivity index (χ0v) is 20.4. The number of aromatic nitrogens is 3. The molecule has 2 bridgehead atoms. The molecule has 1 fully saturated rings. The molecule has 2 aliphatic heterocycles. The second kappa shape index (κ2) is 12.8. The molecule has 3 rings (SSSR count). The highest BCUT2D eigenvalue weighted by Crippen LogP contribution is 2.24. The highest BCUT2D eigenvalue weighted by Gasteiger charge is 2.24. The van der Waals surface area contributed by atoms with Crippen LogP contribution in [0, 0.1) is 0 Å². The minimum Gasteiger partial charge on any atom is -0.356 e. The summed E-state index contributed by atoms with van der Waals surface area (Å²) in [7, 11) is 0. The van der Waals surface area contributed by atoms with Crippen LogP contribution in [0.2, 0.25) is 0 Å². The molecule has 1 saturated heterocycles. The van der Waals surface area contributed by atoms with Gasteiger partial charge in [0.2, 0.25) is 0 Å². The van der Waals surface area contributed by atoms with Crippen molar-refractivity contribution in [2.75, 3.05) is 72.1 Å². The van der Waals surface area contributed by atoms with Gasteiger partial charge in [0.05, 0.1) is 13.1 Å². The van der Waals surface area contributed by atoms with E-state index in [2.05, 4.69) is 52.0 Å². The molecule has 2 aliphatic rings. The average molecular weight is 436 g/mol. The van der Waals surface area contributed by atoms with Gasteiger partial charge in [-0.15, -0.1) is 0 Å². The quantitative estimate of drug-likeness (QED) is 0.703. The van der Waals surface area contributed by atoms with Gasteiger partial charge in [0.25, 0.3) is 0 Å². The number of rotatable bonds is 5. The van der Waals surface area contributed by atoms with E-state index in [-0.39, 0.29) is 6.23 Å². The lowest BCUT2D eigenvalue weighted by molar-refractivity contribution is -0.0427. The molecule has 0 spiro atoms. The van der Waals surface area contributed by atoms with E-state index in [1.54, 1.807) is 0 Å². The second-order valence-electron chi connectivity index (χ2n) is 8.82. The predicted molar refractivity (Wildman–Crippen MR) is 125 cm³/mol. The van der Waals surface area contributed by atoms with Gasteiger partial charge in [0, 0.05) is 45.9 Å².